The number of nitrogens with one attached hydrogen (secondary N) is 1. The normalized spacial score (nSPS) is 12.2. The van der Waals surface area contributed by atoms with Crippen LogP contribution >= 0.6 is 0 Å². The lowest BCUT2D eigenvalue weighted by Crippen LogP contribution is -2.39. The average molecular weight is 252 g/mol. The predicted octanol–water partition coefficient (Wildman–Crippen LogP) is 2.42. The summed E-state index contributed by atoms with van der Waals surface area (Å²) in [5.74, 6) is -0.573. The van der Waals surface area contributed by atoms with Gasteiger partial charge in [0.15, 0.2) is 0 Å². The smallest absolute Gasteiger partial charge is 0.231 e. The monoisotopic (exact) mass is 252 g/mol. The Hall–Kier alpha value is -1.42. The number of carbonyl (C=O) groups excluding carboxylic acids is 1. The Balaban J connectivity index is 2.83. The molecule has 18 heavy (non-hydrogen) atoms. The maximum absolute atomic E-state index is 13.7. The summed E-state index contributed by atoms with van der Waals surface area (Å²) in [5, 5.41) is 3.13. The topological polar surface area (TPSA) is 32.3 Å². The van der Waals surface area contributed by atoms with Gasteiger partial charge in [-0.1, -0.05) is 26.0 Å². The number of hydrogen-bond donors (Lipinski definition) is 1. The fourth-order valence-electron chi connectivity index (χ4n) is 1.83. The first kappa shape index (κ1) is 14.6. The minimum absolute atomic E-state index is 0.0523. The van der Waals surface area contributed by atoms with Gasteiger partial charge in [0.1, 0.15) is 5.82 Å². The van der Waals surface area contributed by atoms with E-state index in [0.717, 1.165) is 6.54 Å². The van der Waals surface area contributed by atoms with E-state index in [1.165, 1.54) is 11.0 Å². The summed E-state index contributed by atoms with van der Waals surface area (Å²) < 4.78 is 13.7. The van der Waals surface area contributed by atoms with Crippen LogP contribution in [0.4, 0.5) is 10.1 Å². The van der Waals surface area contributed by atoms with Gasteiger partial charge in [-0.25, -0.2) is 4.39 Å². The second-order valence-corrected chi connectivity index (χ2v) is 4.24. The third-order valence-electron chi connectivity index (χ3n) is 2.85. The molecular formula is C14H21FN2O. The minimum Gasteiger partial charge on any atom is -0.316 e. The van der Waals surface area contributed by atoms with Crippen molar-refractivity contribution in [1.82, 2.24) is 5.32 Å². The number of carbonyl (C=O) groups is 1. The van der Waals surface area contributed by atoms with Crippen molar-refractivity contribution < 1.29 is 9.18 Å². The predicted molar refractivity (Wildman–Crippen MR) is 72.1 cm³/mol. The van der Waals surface area contributed by atoms with Gasteiger partial charge in [-0.05, 0) is 25.6 Å². The van der Waals surface area contributed by atoms with Crippen LogP contribution in [0.3, 0.4) is 0 Å². The van der Waals surface area contributed by atoms with Gasteiger partial charge in [0.2, 0.25) is 5.91 Å². The summed E-state index contributed by atoms with van der Waals surface area (Å²) in [6.45, 7) is 7.60. The van der Waals surface area contributed by atoms with Crippen LogP contribution in [0.2, 0.25) is 0 Å². The highest BCUT2D eigenvalue weighted by molar-refractivity contribution is 5.95. The summed E-state index contributed by atoms with van der Waals surface area (Å²) in [6, 6.07) is 6.37. The molecule has 0 aliphatic heterocycles. The third kappa shape index (κ3) is 3.53. The number of para-hydroxylation sites is 1. The molecule has 0 saturated carbocycles. The molecule has 0 fully saturated rings. The standard InChI is InChI=1S/C14H21FN2O/c1-4-16-10-11(3)14(18)17(5-2)13-9-7-6-8-12(13)15/h6-9,11,16H,4-5,10H2,1-3H3. The molecule has 100 valence electrons. The lowest BCUT2D eigenvalue weighted by Gasteiger charge is -2.25. The van der Waals surface area contributed by atoms with Gasteiger partial charge in [0, 0.05) is 19.0 Å². The lowest BCUT2D eigenvalue weighted by atomic mass is 10.1. The highest BCUT2D eigenvalue weighted by Gasteiger charge is 2.22. The van der Waals surface area contributed by atoms with Crippen molar-refractivity contribution in [2.24, 2.45) is 5.92 Å². The zero-order valence-corrected chi connectivity index (χ0v) is 11.2. The van der Waals surface area contributed by atoms with Crippen molar-refractivity contribution in [2.45, 2.75) is 20.8 Å². The largest absolute Gasteiger partial charge is 0.316 e. The maximum Gasteiger partial charge on any atom is 0.231 e. The van der Waals surface area contributed by atoms with E-state index in [2.05, 4.69) is 5.32 Å². The zero-order chi connectivity index (χ0) is 13.5. The number of amides is 1. The third-order valence-corrected chi connectivity index (χ3v) is 2.85. The average Bonchev–Trinajstić information content (AvgIpc) is 2.38. The number of anilines is 1. The Kier molecular flexibility index (Phi) is 5.78. The van der Waals surface area contributed by atoms with E-state index in [9.17, 15) is 9.18 Å². The molecule has 0 bridgehead atoms. The van der Waals surface area contributed by atoms with Gasteiger partial charge >= 0.3 is 0 Å². The van der Waals surface area contributed by atoms with Crippen LogP contribution in [-0.2, 0) is 4.79 Å². The van der Waals surface area contributed by atoms with Crippen molar-refractivity contribution in [3.8, 4) is 0 Å². The first-order valence-corrected chi connectivity index (χ1v) is 6.38. The molecule has 1 aromatic carbocycles. The van der Waals surface area contributed by atoms with Crippen LogP contribution in [-0.4, -0.2) is 25.5 Å². The number of benzene rings is 1. The molecule has 1 aromatic rings. The summed E-state index contributed by atoms with van der Waals surface area (Å²) in [7, 11) is 0. The van der Waals surface area contributed by atoms with E-state index in [1.54, 1.807) is 18.2 Å². The fourth-order valence-corrected chi connectivity index (χ4v) is 1.83. The van der Waals surface area contributed by atoms with Gasteiger partial charge in [-0.3, -0.25) is 4.79 Å². The summed E-state index contributed by atoms with van der Waals surface area (Å²) in [6.07, 6.45) is 0. The van der Waals surface area contributed by atoms with Crippen molar-refractivity contribution in [3.63, 3.8) is 0 Å². The van der Waals surface area contributed by atoms with Crippen LogP contribution in [0.1, 0.15) is 20.8 Å². The maximum atomic E-state index is 13.7. The Morgan fingerprint density at radius 1 is 1.39 bits per heavy atom. The van der Waals surface area contributed by atoms with E-state index in [0.29, 0.717) is 18.8 Å². The molecule has 1 unspecified atom stereocenters. The quantitative estimate of drug-likeness (QED) is 0.843. The molecule has 1 atom stereocenters. The number of nitrogens with zero attached hydrogens (tertiary/aromatic N) is 1. The first-order chi connectivity index (χ1) is 8.61. The number of hydrogen-bond acceptors (Lipinski definition) is 2. The van der Waals surface area contributed by atoms with E-state index >= 15 is 0 Å². The summed E-state index contributed by atoms with van der Waals surface area (Å²) >= 11 is 0. The molecule has 4 heteroatoms. The summed E-state index contributed by atoms with van der Waals surface area (Å²) in [5.41, 5.74) is 0.355. The Morgan fingerprint density at radius 3 is 2.61 bits per heavy atom. The summed E-state index contributed by atoms with van der Waals surface area (Å²) in [4.78, 5) is 13.7. The van der Waals surface area contributed by atoms with Crippen molar-refractivity contribution >= 4 is 11.6 Å². The highest BCUT2D eigenvalue weighted by atomic mass is 19.1. The van der Waals surface area contributed by atoms with E-state index < -0.39 is 0 Å². The molecule has 1 amide bonds. The van der Waals surface area contributed by atoms with Crippen molar-refractivity contribution in [3.05, 3.63) is 30.1 Å². The molecule has 0 saturated heterocycles. The van der Waals surface area contributed by atoms with Crippen LogP contribution in [0, 0.1) is 11.7 Å². The Bertz CT molecular complexity index is 395. The molecule has 0 spiro atoms. The van der Waals surface area contributed by atoms with Gasteiger partial charge in [0.05, 0.1) is 5.69 Å². The lowest BCUT2D eigenvalue weighted by molar-refractivity contribution is -0.121. The highest BCUT2D eigenvalue weighted by Crippen LogP contribution is 2.20. The molecule has 0 heterocycles. The number of halogens is 1. The van der Waals surface area contributed by atoms with Crippen molar-refractivity contribution in [1.29, 1.82) is 0 Å². The molecule has 1 rings (SSSR count). The van der Waals surface area contributed by atoms with E-state index in [-0.39, 0.29) is 17.6 Å². The van der Waals surface area contributed by atoms with Crippen molar-refractivity contribution in [2.75, 3.05) is 24.5 Å². The Morgan fingerprint density at radius 2 is 2.06 bits per heavy atom. The second kappa shape index (κ2) is 7.11. The fraction of sp³-hybridized carbons (Fsp3) is 0.500. The van der Waals surface area contributed by atoms with Gasteiger partial charge in [-0.2, -0.15) is 0 Å². The molecule has 0 aliphatic rings. The van der Waals surface area contributed by atoms with Gasteiger partial charge in [0.25, 0.3) is 0 Å². The van der Waals surface area contributed by atoms with Crippen LogP contribution in [0.15, 0.2) is 24.3 Å². The van der Waals surface area contributed by atoms with Crippen LogP contribution in [0.5, 0.6) is 0 Å². The SMILES string of the molecule is CCNCC(C)C(=O)N(CC)c1ccccc1F. The first-order valence-electron chi connectivity index (χ1n) is 6.38. The molecule has 0 radical (unpaired) electrons. The molecule has 0 aliphatic carbocycles. The molecule has 1 N–H and O–H groups in total. The van der Waals surface area contributed by atoms with Gasteiger partial charge in [-0.15, -0.1) is 0 Å². The zero-order valence-electron chi connectivity index (χ0n) is 11.2. The minimum atomic E-state index is -0.358. The Labute approximate surface area is 108 Å². The van der Waals surface area contributed by atoms with Crippen LogP contribution < -0.4 is 10.2 Å². The molecular weight excluding hydrogens is 231 g/mol. The van der Waals surface area contributed by atoms with Crippen LogP contribution in [0.25, 0.3) is 0 Å². The molecule has 3 nitrogen and oxygen atoms in total. The number of rotatable bonds is 6. The van der Waals surface area contributed by atoms with E-state index in [1.807, 2.05) is 20.8 Å². The van der Waals surface area contributed by atoms with E-state index in [4.69, 9.17) is 0 Å². The second-order valence-electron chi connectivity index (χ2n) is 4.24. The van der Waals surface area contributed by atoms with Gasteiger partial charge < -0.3 is 10.2 Å². The molecule has 0 aromatic heterocycles.